The quantitative estimate of drug-likeness (QED) is 0.601. The summed E-state index contributed by atoms with van der Waals surface area (Å²) in [5.41, 5.74) is 1.46. The van der Waals surface area contributed by atoms with Crippen molar-refractivity contribution in [1.29, 1.82) is 0 Å². The molecule has 2 aromatic rings. The molecule has 0 aliphatic heterocycles. The van der Waals surface area contributed by atoms with E-state index in [0.717, 1.165) is 10.9 Å². The molecule has 2 rings (SSSR count). The first-order valence-corrected chi connectivity index (χ1v) is 3.62. The molecule has 0 radical (unpaired) electrons. The zero-order valence-electron chi connectivity index (χ0n) is 6.57. The van der Waals surface area contributed by atoms with Gasteiger partial charge in [-0.1, -0.05) is 5.16 Å². The second-order valence-electron chi connectivity index (χ2n) is 2.64. The molecule has 0 spiro atoms. The van der Waals surface area contributed by atoms with Crippen LogP contribution in [-0.2, 0) is 0 Å². The molecule has 0 N–H and O–H groups in total. The van der Waals surface area contributed by atoms with Gasteiger partial charge in [0.05, 0.1) is 0 Å². The predicted octanol–water partition coefficient (Wildman–Crippen LogP) is 2.03. The average Bonchev–Trinajstić information content (AvgIpc) is 2.49. The fourth-order valence-corrected chi connectivity index (χ4v) is 1.09. The van der Waals surface area contributed by atoms with Crippen LogP contribution >= 0.6 is 0 Å². The molecule has 1 aromatic carbocycles. The Labute approximate surface area is 69.0 Å². The maximum absolute atomic E-state index is 11.0. The third-order valence-electron chi connectivity index (χ3n) is 1.76. The molecular formula is C9H7NO2. The standard InChI is InChI=1S/C9H7NO2/c1-6(11)7-2-3-9-8(4-7)5-12-10-9/h2-5H,1H3. The van der Waals surface area contributed by atoms with Crippen molar-refractivity contribution in [3.05, 3.63) is 30.0 Å². The zero-order valence-corrected chi connectivity index (χ0v) is 6.57. The molecular weight excluding hydrogens is 154 g/mol. The van der Waals surface area contributed by atoms with Crippen molar-refractivity contribution in [2.45, 2.75) is 6.92 Å². The van der Waals surface area contributed by atoms with E-state index >= 15 is 0 Å². The average molecular weight is 161 g/mol. The summed E-state index contributed by atoms with van der Waals surface area (Å²) < 4.78 is 4.74. The molecule has 0 aliphatic rings. The highest BCUT2D eigenvalue weighted by atomic mass is 16.5. The molecule has 12 heavy (non-hydrogen) atoms. The lowest BCUT2D eigenvalue weighted by Crippen LogP contribution is -1.89. The molecule has 0 aliphatic carbocycles. The van der Waals surface area contributed by atoms with Gasteiger partial charge in [0, 0.05) is 10.9 Å². The number of aromatic nitrogens is 1. The molecule has 1 aromatic heterocycles. The molecule has 3 nitrogen and oxygen atoms in total. The number of nitrogens with zero attached hydrogens (tertiary/aromatic N) is 1. The van der Waals surface area contributed by atoms with Gasteiger partial charge in [0.1, 0.15) is 11.8 Å². The lowest BCUT2D eigenvalue weighted by Gasteiger charge is -1.92. The predicted molar refractivity (Wildman–Crippen MR) is 44.0 cm³/mol. The Kier molecular flexibility index (Phi) is 1.43. The maximum atomic E-state index is 11.0. The molecule has 0 saturated carbocycles. The molecule has 60 valence electrons. The van der Waals surface area contributed by atoms with Crippen LogP contribution in [0.25, 0.3) is 10.9 Å². The van der Waals surface area contributed by atoms with E-state index in [1.807, 2.05) is 0 Å². The van der Waals surface area contributed by atoms with Crippen molar-refractivity contribution in [2.75, 3.05) is 0 Å². The SMILES string of the molecule is CC(=O)c1ccc2nocc2c1. The Morgan fingerprint density at radius 1 is 1.50 bits per heavy atom. The van der Waals surface area contributed by atoms with Gasteiger partial charge in [-0.3, -0.25) is 4.79 Å². The van der Waals surface area contributed by atoms with E-state index in [0.29, 0.717) is 5.56 Å². The van der Waals surface area contributed by atoms with Crippen LogP contribution in [0.3, 0.4) is 0 Å². The second kappa shape index (κ2) is 2.44. The van der Waals surface area contributed by atoms with Crippen LogP contribution in [0, 0.1) is 0 Å². The third kappa shape index (κ3) is 0.993. The van der Waals surface area contributed by atoms with E-state index in [9.17, 15) is 4.79 Å². The lowest BCUT2D eigenvalue weighted by molar-refractivity contribution is 0.101. The van der Waals surface area contributed by atoms with Gasteiger partial charge in [0.25, 0.3) is 0 Å². The van der Waals surface area contributed by atoms with Gasteiger partial charge in [-0.25, -0.2) is 0 Å². The maximum Gasteiger partial charge on any atom is 0.159 e. The van der Waals surface area contributed by atoms with Crippen LogP contribution in [0.1, 0.15) is 17.3 Å². The molecule has 0 amide bonds. The summed E-state index contributed by atoms with van der Waals surface area (Å²) in [6, 6.07) is 5.29. The van der Waals surface area contributed by atoms with Crippen molar-refractivity contribution < 1.29 is 9.32 Å². The number of hydrogen-bond acceptors (Lipinski definition) is 3. The number of fused-ring (bicyclic) bond motifs is 1. The topological polar surface area (TPSA) is 43.1 Å². The van der Waals surface area contributed by atoms with E-state index in [1.165, 1.54) is 13.2 Å². The fraction of sp³-hybridized carbons (Fsp3) is 0.111. The van der Waals surface area contributed by atoms with Crippen LogP contribution < -0.4 is 0 Å². The van der Waals surface area contributed by atoms with Gasteiger partial charge in [-0.2, -0.15) is 0 Å². The highest BCUT2D eigenvalue weighted by molar-refractivity contribution is 5.97. The van der Waals surface area contributed by atoms with Gasteiger partial charge in [0.2, 0.25) is 0 Å². The molecule has 0 unspecified atom stereocenters. The normalized spacial score (nSPS) is 10.4. The summed E-state index contributed by atoms with van der Waals surface area (Å²) in [4.78, 5) is 11.0. The monoisotopic (exact) mass is 161 g/mol. The van der Waals surface area contributed by atoms with E-state index < -0.39 is 0 Å². The first-order valence-electron chi connectivity index (χ1n) is 3.62. The Bertz CT molecular complexity index is 431. The van der Waals surface area contributed by atoms with Gasteiger partial charge >= 0.3 is 0 Å². The largest absolute Gasteiger partial charge is 0.364 e. The second-order valence-corrected chi connectivity index (χ2v) is 2.64. The Hall–Kier alpha value is -1.64. The van der Waals surface area contributed by atoms with E-state index in [4.69, 9.17) is 4.52 Å². The first kappa shape index (κ1) is 7.03. The minimum atomic E-state index is 0.0538. The van der Waals surface area contributed by atoms with Crippen molar-refractivity contribution >= 4 is 16.7 Å². The molecule has 0 bridgehead atoms. The number of carbonyl (C=O) groups is 1. The van der Waals surface area contributed by atoms with Crippen LogP contribution in [0.5, 0.6) is 0 Å². The summed E-state index contributed by atoms with van der Waals surface area (Å²) in [5.74, 6) is 0.0538. The lowest BCUT2D eigenvalue weighted by atomic mass is 10.1. The fourth-order valence-electron chi connectivity index (χ4n) is 1.09. The minimum Gasteiger partial charge on any atom is -0.364 e. The van der Waals surface area contributed by atoms with E-state index in [-0.39, 0.29) is 5.78 Å². The number of rotatable bonds is 1. The van der Waals surface area contributed by atoms with Gasteiger partial charge in [0.15, 0.2) is 5.78 Å². The van der Waals surface area contributed by atoms with Crippen LogP contribution in [-0.4, -0.2) is 10.9 Å². The van der Waals surface area contributed by atoms with Crippen LogP contribution in [0.4, 0.5) is 0 Å². The summed E-state index contributed by atoms with van der Waals surface area (Å²) >= 11 is 0. The third-order valence-corrected chi connectivity index (χ3v) is 1.76. The van der Waals surface area contributed by atoms with Crippen molar-refractivity contribution in [3.63, 3.8) is 0 Å². The van der Waals surface area contributed by atoms with Gasteiger partial charge in [-0.15, -0.1) is 0 Å². The number of Topliss-reactive ketones (excluding diaryl/α,β-unsaturated/α-hetero) is 1. The highest BCUT2D eigenvalue weighted by Gasteiger charge is 2.02. The van der Waals surface area contributed by atoms with Crippen LogP contribution in [0.2, 0.25) is 0 Å². The number of carbonyl (C=O) groups excluding carboxylic acids is 1. The first-order chi connectivity index (χ1) is 5.77. The summed E-state index contributed by atoms with van der Waals surface area (Å²) in [6.45, 7) is 1.54. The molecule has 0 atom stereocenters. The summed E-state index contributed by atoms with van der Waals surface area (Å²) in [7, 11) is 0. The Morgan fingerprint density at radius 3 is 3.08 bits per heavy atom. The van der Waals surface area contributed by atoms with Crippen LogP contribution in [0.15, 0.2) is 29.0 Å². The van der Waals surface area contributed by atoms with Crippen molar-refractivity contribution in [3.8, 4) is 0 Å². The molecule has 3 heteroatoms. The summed E-state index contributed by atoms with van der Waals surface area (Å²) in [5, 5.41) is 4.60. The zero-order chi connectivity index (χ0) is 8.55. The summed E-state index contributed by atoms with van der Waals surface area (Å²) in [6.07, 6.45) is 1.53. The van der Waals surface area contributed by atoms with Crippen molar-refractivity contribution in [1.82, 2.24) is 5.16 Å². The number of ketones is 1. The van der Waals surface area contributed by atoms with Crippen molar-refractivity contribution in [2.24, 2.45) is 0 Å². The number of benzene rings is 1. The van der Waals surface area contributed by atoms with Gasteiger partial charge in [-0.05, 0) is 25.1 Å². The Balaban J connectivity index is 2.68. The van der Waals surface area contributed by atoms with Gasteiger partial charge < -0.3 is 4.52 Å². The van der Waals surface area contributed by atoms with E-state index in [2.05, 4.69) is 5.16 Å². The number of hydrogen-bond donors (Lipinski definition) is 0. The molecule has 0 fully saturated rings. The Morgan fingerprint density at radius 2 is 2.33 bits per heavy atom. The smallest absolute Gasteiger partial charge is 0.159 e. The molecule has 0 saturated heterocycles. The minimum absolute atomic E-state index is 0.0538. The molecule has 1 heterocycles. The highest BCUT2D eigenvalue weighted by Crippen LogP contribution is 2.14. The van der Waals surface area contributed by atoms with E-state index in [1.54, 1.807) is 18.2 Å².